The number of carbonyl (C=O) groups excluding carboxylic acids is 1. The maximum absolute atomic E-state index is 13.7. The van der Waals surface area contributed by atoms with Gasteiger partial charge in [0.15, 0.2) is 5.13 Å². The minimum absolute atomic E-state index is 0.0107. The predicted molar refractivity (Wildman–Crippen MR) is 123 cm³/mol. The molecule has 8 heteroatoms. The van der Waals surface area contributed by atoms with E-state index in [-0.39, 0.29) is 5.56 Å². The largest absolute Gasteiger partial charge is 0.447 e. The van der Waals surface area contributed by atoms with Crippen LogP contribution < -0.4 is 4.90 Å². The molecule has 1 amide bonds. The minimum Gasteiger partial charge on any atom is -0.447 e. The minimum atomic E-state index is -0.588. The number of rotatable bonds is 5. The van der Waals surface area contributed by atoms with Crippen molar-refractivity contribution in [2.45, 2.75) is 66.1 Å². The summed E-state index contributed by atoms with van der Waals surface area (Å²) < 4.78 is 18.8. The highest BCUT2D eigenvalue weighted by Crippen LogP contribution is 2.35. The third kappa shape index (κ3) is 5.81. The van der Waals surface area contributed by atoms with E-state index in [0.717, 1.165) is 6.54 Å². The Labute approximate surface area is 188 Å². The lowest BCUT2D eigenvalue weighted by Crippen LogP contribution is -2.42. The Balaban J connectivity index is 0.000000323. The highest BCUT2D eigenvalue weighted by atomic mass is 32.1. The molecule has 0 saturated carbocycles. The topological polar surface area (TPSA) is 69.5 Å². The van der Waals surface area contributed by atoms with Crippen LogP contribution in [0.25, 0.3) is 11.3 Å². The lowest BCUT2D eigenvalue weighted by molar-refractivity contribution is 0.175. The molecule has 1 saturated heterocycles. The molecule has 31 heavy (non-hydrogen) atoms. The molecule has 0 spiro atoms. The van der Waals surface area contributed by atoms with Crippen molar-refractivity contribution >= 4 is 22.6 Å². The number of hydrogen-bond donors (Lipinski definition) is 0. The van der Waals surface area contributed by atoms with Crippen molar-refractivity contribution in [1.82, 2.24) is 9.88 Å². The van der Waals surface area contributed by atoms with Gasteiger partial charge in [-0.25, -0.2) is 19.1 Å². The Morgan fingerprint density at radius 2 is 1.97 bits per heavy atom. The lowest BCUT2D eigenvalue weighted by atomic mass is 10.1. The molecular formula is C23H31FN4O2S. The van der Waals surface area contributed by atoms with Crippen molar-refractivity contribution in [3.63, 3.8) is 0 Å². The molecule has 0 aliphatic carbocycles. The van der Waals surface area contributed by atoms with E-state index >= 15 is 0 Å². The van der Waals surface area contributed by atoms with Gasteiger partial charge in [-0.15, -0.1) is 11.3 Å². The van der Waals surface area contributed by atoms with Gasteiger partial charge in [-0.2, -0.15) is 5.26 Å². The molecule has 1 fully saturated rings. The number of halogens is 1. The van der Waals surface area contributed by atoms with E-state index in [1.165, 1.54) is 28.4 Å². The number of benzene rings is 1. The number of aromatic nitrogens is 1. The van der Waals surface area contributed by atoms with Gasteiger partial charge in [-0.05, 0) is 60.2 Å². The van der Waals surface area contributed by atoms with Crippen LogP contribution in [0.5, 0.6) is 0 Å². The average Bonchev–Trinajstić information content (AvgIpc) is 3.26. The Kier molecular flexibility index (Phi) is 8.15. The number of thiazole rings is 1. The first-order valence-electron chi connectivity index (χ1n) is 10.4. The quantitative estimate of drug-likeness (QED) is 0.591. The average molecular weight is 447 g/mol. The third-order valence-electron chi connectivity index (χ3n) is 5.10. The van der Waals surface area contributed by atoms with Crippen LogP contribution in [0.1, 0.15) is 54.0 Å². The van der Waals surface area contributed by atoms with Crippen LogP contribution in [0.3, 0.4) is 0 Å². The number of anilines is 1. The molecule has 6 nitrogen and oxygen atoms in total. The van der Waals surface area contributed by atoms with Crippen LogP contribution in [-0.4, -0.2) is 46.8 Å². The van der Waals surface area contributed by atoms with Gasteiger partial charge in [0.1, 0.15) is 18.5 Å². The number of nitrogens with zero attached hydrogens (tertiary/aromatic N) is 4. The van der Waals surface area contributed by atoms with Gasteiger partial charge < -0.3 is 4.74 Å². The molecule has 1 aromatic carbocycles. The van der Waals surface area contributed by atoms with Crippen LogP contribution in [0, 0.1) is 17.1 Å². The van der Waals surface area contributed by atoms with Crippen LogP contribution in [0.15, 0.2) is 23.6 Å². The number of nitriles is 1. The van der Waals surface area contributed by atoms with Crippen molar-refractivity contribution in [3.8, 4) is 17.3 Å². The van der Waals surface area contributed by atoms with E-state index < -0.39 is 17.4 Å². The van der Waals surface area contributed by atoms with Crippen molar-refractivity contribution in [1.29, 1.82) is 5.26 Å². The summed E-state index contributed by atoms with van der Waals surface area (Å²) in [6, 6.07) is 7.47. The number of hydrogen-bond acceptors (Lipinski definition) is 6. The molecule has 3 rings (SSSR count). The Morgan fingerprint density at radius 3 is 2.39 bits per heavy atom. The Bertz CT molecular complexity index is 941. The Morgan fingerprint density at radius 1 is 1.32 bits per heavy atom. The standard InChI is InChI=1S/C15H12FN3O2S.C8H19N/c1-15(2)8-21-14(20)19(15)13-18-12(7-22-13)9-3-4-10(6-17)11(16)5-9;1-6-9(7(2)3)8(4)5/h3-5,7H,8H2,1-2H3;7-8H,6H2,1-5H3. The summed E-state index contributed by atoms with van der Waals surface area (Å²) in [5, 5.41) is 11.0. The molecule has 0 radical (unpaired) electrons. The second-order valence-electron chi connectivity index (χ2n) is 8.54. The normalized spacial score (nSPS) is 15.2. The van der Waals surface area contributed by atoms with Crippen molar-refractivity contribution in [3.05, 3.63) is 35.0 Å². The van der Waals surface area contributed by atoms with Crippen LogP contribution in [0.4, 0.5) is 14.3 Å². The van der Waals surface area contributed by atoms with E-state index in [1.54, 1.807) is 17.5 Å². The van der Waals surface area contributed by atoms with E-state index in [4.69, 9.17) is 10.00 Å². The van der Waals surface area contributed by atoms with Crippen LogP contribution >= 0.6 is 11.3 Å². The molecule has 2 aromatic rings. The molecule has 0 unspecified atom stereocenters. The van der Waals surface area contributed by atoms with E-state index in [0.29, 0.717) is 35.1 Å². The fourth-order valence-electron chi connectivity index (χ4n) is 3.54. The summed E-state index contributed by atoms with van der Waals surface area (Å²) in [6.45, 7) is 16.4. The zero-order valence-electron chi connectivity index (χ0n) is 19.3. The molecule has 0 bridgehead atoms. The van der Waals surface area contributed by atoms with Crippen LogP contribution in [-0.2, 0) is 4.74 Å². The molecule has 0 atom stereocenters. The highest BCUT2D eigenvalue weighted by Gasteiger charge is 2.42. The molecule has 0 N–H and O–H groups in total. The van der Waals surface area contributed by atoms with Crippen LogP contribution in [0.2, 0.25) is 0 Å². The molecule has 1 aliphatic rings. The first-order valence-corrected chi connectivity index (χ1v) is 11.3. The SMILES string of the molecule is CC1(C)COC(=O)N1c1nc(-c2ccc(C#N)c(F)c2)cs1.CCN(C(C)C)C(C)C. The summed E-state index contributed by atoms with van der Waals surface area (Å²) in [4.78, 5) is 20.2. The van der Waals surface area contributed by atoms with Gasteiger partial charge in [0.05, 0.1) is 16.8 Å². The molecule has 168 valence electrons. The zero-order chi connectivity index (χ0) is 23.3. The van der Waals surface area contributed by atoms with Crippen molar-refractivity contribution in [2.75, 3.05) is 18.1 Å². The third-order valence-corrected chi connectivity index (χ3v) is 5.92. The summed E-state index contributed by atoms with van der Waals surface area (Å²) in [7, 11) is 0. The maximum Gasteiger partial charge on any atom is 0.416 e. The predicted octanol–water partition coefficient (Wildman–Crippen LogP) is 5.68. The van der Waals surface area contributed by atoms with Gasteiger partial charge in [-0.1, -0.05) is 13.0 Å². The van der Waals surface area contributed by atoms with Crippen molar-refractivity contribution < 1.29 is 13.9 Å². The molecule has 1 aliphatic heterocycles. The molecular weight excluding hydrogens is 415 g/mol. The van der Waals surface area contributed by atoms with Gasteiger partial charge in [0.2, 0.25) is 0 Å². The zero-order valence-corrected chi connectivity index (χ0v) is 20.1. The highest BCUT2D eigenvalue weighted by molar-refractivity contribution is 7.14. The van der Waals surface area contributed by atoms with Gasteiger partial charge in [0.25, 0.3) is 0 Å². The van der Waals surface area contributed by atoms with Crippen molar-refractivity contribution in [2.24, 2.45) is 0 Å². The number of ether oxygens (including phenoxy) is 1. The lowest BCUT2D eigenvalue weighted by Gasteiger charge is -2.28. The monoisotopic (exact) mass is 446 g/mol. The summed E-state index contributed by atoms with van der Waals surface area (Å²) in [5.74, 6) is -0.588. The summed E-state index contributed by atoms with van der Waals surface area (Å²) in [5.41, 5.74) is 0.633. The number of carbonyl (C=O) groups is 1. The second kappa shape index (κ2) is 10.2. The fourth-order valence-corrected chi connectivity index (χ4v) is 4.53. The number of amides is 1. The molecule has 1 aromatic heterocycles. The van der Waals surface area contributed by atoms with E-state index in [2.05, 4.69) is 44.5 Å². The number of cyclic esters (lactones) is 1. The smallest absolute Gasteiger partial charge is 0.416 e. The fraction of sp³-hybridized carbons (Fsp3) is 0.522. The van der Waals surface area contributed by atoms with Gasteiger partial charge in [-0.3, -0.25) is 4.90 Å². The summed E-state index contributed by atoms with van der Waals surface area (Å²) >= 11 is 1.29. The Hall–Kier alpha value is -2.50. The first-order chi connectivity index (χ1) is 14.5. The van der Waals surface area contributed by atoms with Gasteiger partial charge >= 0.3 is 6.09 Å². The van der Waals surface area contributed by atoms with E-state index in [9.17, 15) is 9.18 Å². The summed E-state index contributed by atoms with van der Waals surface area (Å²) in [6.07, 6.45) is -0.433. The second-order valence-corrected chi connectivity index (χ2v) is 9.38. The maximum atomic E-state index is 13.7. The first kappa shape index (κ1) is 24.8. The van der Waals surface area contributed by atoms with E-state index in [1.807, 2.05) is 13.8 Å². The molecule has 2 heterocycles. The van der Waals surface area contributed by atoms with Gasteiger partial charge in [0, 0.05) is 23.0 Å².